The molecular weight excluding hydrogens is 505 g/mol. The highest BCUT2D eigenvalue weighted by Gasteiger charge is 2.53. The third kappa shape index (κ3) is 5.78. The van der Waals surface area contributed by atoms with Gasteiger partial charge in [-0.2, -0.15) is 0 Å². The average Bonchev–Trinajstić information content (AvgIpc) is 3.24. The molecule has 2 aliphatic rings. The van der Waals surface area contributed by atoms with Gasteiger partial charge in [-0.05, 0) is 72.7 Å². The van der Waals surface area contributed by atoms with Crippen LogP contribution < -0.4 is 10.6 Å². The summed E-state index contributed by atoms with van der Waals surface area (Å²) < 4.78 is 14.4. The molecule has 0 bridgehead atoms. The number of hydrogen-bond donors (Lipinski definition) is 3. The van der Waals surface area contributed by atoms with Crippen molar-refractivity contribution >= 4 is 29.1 Å². The molecule has 0 spiro atoms. The first-order valence-electron chi connectivity index (χ1n) is 13.1. The highest BCUT2D eigenvalue weighted by molar-refractivity contribution is 7.13. The number of likely N-dealkylation sites (tertiary alicyclic amines) is 1. The number of aryl methyl sites for hydroxylation is 2. The summed E-state index contributed by atoms with van der Waals surface area (Å²) >= 11 is 1.69. The summed E-state index contributed by atoms with van der Waals surface area (Å²) in [6.07, 6.45) is -0.490. The molecule has 0 radical (unpaired) electrons. The van der Waals surface area contributed by atoms with Gasteiger partial charge in [0.15, 0.2) is 5.67 Å². The van der Waals surface area contributed by atoms with Gasteiger partial charge in [0, 0.05) is 17.8 Å². The summed E-state index contributed by atoms with van der Waals surface area (Å²) in [6.45, 7) is 11.3. The molecule has 3 amide bonds. The van der Waals surface area contributed by atoms with Crippen molar-refractivity contribution in [1.82, 2.24) is 15.5 Å². The lowest BCUT2D eigenvalue weighted by Gasteiger charge is -2.35. The van der Waals surface area contributed by atoms with Crippen LogP contribution in [0.5, 0.6) is 0 Å². The predicted molar refractivity (Wildman–Crippen MR) is 146 cm³/mol. The molecule has 0 unspecified atom stereocenters. The van der Waals surface area contributed by atoms with Crippen LogP contribution in [0.2, 0.25) is 0 Å². The van der Waals surface area contributed by atoms with Gasteiger partial charge in [0.2, 0.25) is 11.8 Å². The van der Waals surface area contributed by atoms with Gasteiger partial charge in [-0.3, -0.25) is 14.4 Å². The Morgan fingerprint density at radius 1 is 1.13 bits per heavy atom. The topological polar surface area (TPSA) is 98.7 Å². The average molecular weight is 544 g/mol. The molecule has 1 saturated heterocycles. The van der Waals surface area contributed by atoms with Crippen molar-refractivity contribution in [3.63, 3.8) is 0 Å². The highest BCUT2D eigenvalue weighted by atomic mass is 32.1. The fourth-order valence-electron chi connectivity index (χ4n) is 5.08. The van der Waals surface area contributed by atoms with E-state index in [4.69, 9.17) is 0 Å². The summed E-state index contributed by atoms with van der Waals surface area (Å²) in [6, 6.07) is 6.01. The Morgan fingerprint density at radius 3 is 2.37 bits per heavy atom. The molecule has 2 heterocycles. The highest BCUT2D eigenvalue weighted by Crippen LogP contribution is 2.40. The van der Waals surface area contributed by atoms with Crippen LogP contribution >= 0.6 is 11.3 Å². The van der Waals surface area contributed by atoms with Gasteiger partial charge < -0.3 is 20.6 Å². The van der Waals surface area contributed by atoms with E-state index in [1.165, 1.54) is 15.3 Å². The van der Waals surface area contributed by atoms with Crippen molar-refractivity contribution in [2.24, 2.45) is 5.41 Å². The second kappa shape index (κ2) is 10.4. The number of amides is 3. The minimum Gasteiger partial charge on any atom is -0.391 e. The monoisotopic (exact) mass is 543 g/mol. The lowest BCUT2D eigenvalue weighted by molar-refractivity contribution is -0.145. The maximum absolute atomic E-state index is 14.4. The van der Waals surface area contributed by atoms with E-state index in [-0.39, 0.29) is 37.8 Å². The number of aliphatic hydroxyl groups excluding tert-OH is 1. The van der Waals surface area contributed by atoms with Crippen LogP contribution in [-0.2, 0) is 14.4 Å². The van der Waals surface area contributed by atoms with E-state index in [9.17, 15) is 23.9 Å². The van der Waals surface area contributed by atoms with Crippen LogP contribution in [0, 0.1) is 19.3 Å². The van der Waals surface area contributed by atoms with Crippen LogP contribution in [-0.4, -0.2) is 58.1 Å². The third-order valence-corrected chi connectivity index (χ3v) is 8.63. The number of benzene rings is 1. The number of nitrogens with zero attached hydrogens (tertiary/aromatic N) is 1. The number of carbonyl (C=O) groups is 3. The number of hydrogen-bond acceptors (Lipinski definition) is 5. The summed E-state index contributed by atoms with van der Waals surface area (Å²) in [4.78, 5) is 42.0. The zero-order valence-corrected chi connectivity index (χ0v) is 23.7. The fourth-order valence-corrected chi connectivity index (χ4v) is 6.00. The zero-order valence-electron chi connectivity index (χ0n) is 22.9. The summed E-state index contributed by atoms with van der Waals surface area (Å²) in [7, 11) is 0. The number of rotatable bonds is 7. The van der Waals surface area contributed by atoms with Crippen LogP contribution in [0.25, 0.3) is 10.4 Å². The molecule has 4 rings (SSSR count). The Labute approximate surface area is 227 Å². The van der Waals surface area contributed by atoms with E-state index in [1.807, 2.05) is 26.0 Å². The molecule has 7 nitrogen and oxygen atoms in total. The molecule has 3 N–H and O–H groups in total. The van der Waals surface area contributed by atoms with Crippen molar-refractivity contribution in [3.8, 4) is 10.4 Å². The van der Waals surface area contributed by atoms with Crippen molar-refractivity contribution in [1.29, 1.82) is 0 Å². The van der Waals surface area contributed by atoms with Crippen molar-refractivity contribution in [2.75, 3.05) is 6.54 Å². The van der Waals surface area contributed by atoms with E-state index in [1.54, 1.807) is 32.1 Å². The first-order chi connectivity index (χ1) is 17.7. The third-order valence-electron chi connectivity index (χ3n) is 7.57. The summed E-state index contributed by atoms with van der Waals surface area (Å²) in [5, 5.41) is 18.1. The molecule has 38 heavy (non-hydrogen) atoms. The Balaban J connectivity index is 1.49. The molecule has 9 heteroatoms. The molecule has 1 aliphatic heterocycles. The normalized spacial score (nSPS) is 22.1. The second-order valence-corrected chi connectivity index (χ2v) is 12.8. The quantitative estimate of drug-likeness (QED) is 0.487. The standard InChI is InChI=1S/C29H38FN3O4S/c1-16-9-12-38-23(16)19-7-8-21(17(2)13-19)18(3)31-25(35)22-14-20(34)15-33(22)26(36)24(28(4,5)6)32-27(37)29(30)10-11-29/h7-9,12-13,18,20,22,24,34H,10-11,14-15H2,1-6H3,(H,31,35)(H,32,37)/t18-,20+,22-,24+/m0/s1. The van der Waals surface area contributed by atoms with Crippen molar-refractivity contribution in [2.45, 2.75) is 90.7 Å². The maximum atomic E-state index is 14.4. The number of aliphatic hydroxyl groups is 1. The molecule has 4 atom stereocenters. The molecule has 2 aromatic rings. The van der Waals surface area contributed by atoms with E-state index in [2.05, 4.69) is 35.1 Å². The predicted octanol–water partition coefficient (Wildman–Crippen LogP) is 4.20. The first kappa shape index (κ1) is 28.2. The Bertz CT molecular complexity index is 1230. The van der Waals surface area contributed by atoms with Gasteiger partial charge in [0.25, 0.3) is 5.91 Å². The first-order valence-corrected chi connectivity index (χ1v) is 14.0. The van der Waals surface area contributed by atoms with Crippen molar-refractivity contribution in [3.05, 3.63) is 46.3 Å². The smallest absolute Gasteiger partial charge is 0.258 e. The molecular formula is C29H38FN3O4S. The number of thiophene rings is 1. The summed E-state index contributed by atoms with van der Waals surface area (Å²) in [5.41, 5.74) is 1.71. The number of nitrogens with one attached hydrogen (secondary N) is 2. The van der Waals surface area contributed by atoms with Gasteiger partial charge in [0.05, 0.1) is 12.1 Å². The molecule has 1 aliphatic carbocycles. The van der Waals surface area contributed by atoms with Gasteiger partial charge in [-0.1, -0.05) is 39.0 Å². The van der Waals surface area contributed by atoms with Crippen LogP contribution in [0.4, 0.5) is 4.39 Å². The lowest BCUT2D eigenvalue weighted by Crippen LogP contribution is -2.59. The van der Waals surface area contributed by atoms with E-state index < -0.39 is 41.1 Å². The molecule has 206 valence electrons. The van der Waals surface area contributed by atoms with Gasteiger partial charge >= 0.3 is 0 Å². The summed E-state index contributed by atoms with van der Waals surface area (Å²) in [5.74, 6) is -1.66. The number of alkyl halides is 1. The van der Waals surface area contributed by atoms with Gasteiger partial charge in [-0.25, -0.2) is 4.39 Å². The van der Waals surface area contributed by atoms with Gasteiger partial charge in [-0.15, -0.1) is 11.3 Å². The maximum Gasteiger partial charge on any atom is 0.258 e. The Morgan fingerprint density at radius 2 is 1.82 bits per heavy atom. The molecule has 1 aromatic heterocycles. The zero-order chi connectivity index (χ0) is 28.0. The van der Waals surface area contributed by atoms with E-state index in [0.717, 1.165) is 16.7 Å². The van der Waals surface area contributed by atoms with E-state index >= 15 is 0 Å². The SMILES string of the molecule is Cc1cc(-c2sccc2C)ccc1[C@H](C)NC(=O)[C@@H]1C[C@@H](O)CN1C(=O)[C@@H](NC(=O)C1(F)CC1)C(C)(C)C. The van der Waals surface area contributed by atoms with Gasteiger partial charge in [0.1, 0.15) is 12.1 Å². The van der Waals surface area contributed by atoms with Crippen LogP contribution in [0.3, 0.4) is 0 Å². The Kier molecular flexibility index (Phi) is 7.74. The second-order valence-electron chi connectivity index (χ2n) is 11.9. The van der Waals surface area contributed by atoms with Crippen LogP contribution in [0.1, 0.15) is 69.7 Å². The molecule has 2 fully saturated rings. The number of β-amino-alcohol motifs (C(OH)–C–C–N with tert-alkyl or cyclic N) is 1. The van der Waals surface area contributed by atoms with E-state index in [0.29, 0.717) is 0 Å². The minimum atomic E-state index is -1.92. The minimum absolute atomic E-state index is 0.0254. The molecule has 1 aromatic carbocycles. The number of carbonyl (C=O) groups excluding carboxylic acids is 3. The fraction of sp³-hybridized carbons (Fsp3) is 0.552. The lowest BCUT2D eigenvalue weighted by atomic mass is 9.85. The molecule has 1 saturated carbocycles. The number of halogens is 1. The largest absolute Gasteiger partial charge is 0.391 e. The van der Waals surface area contributed by atoms with Crippen molar-refractivity contribution < 1.29 is 23.9 Å². The van der Waals surface area contributed by atoms with Crippen LogP contribution in [0.15, 0.2) is 29.6 Å². The Hall–Kier alpha value is -2.78.